The summed E-state index contributed by atoms with van der Waals surface area (Å²) in [5.41, 5.74) is 1.77. The van der Waals surface area contributed by atoms with Crippen molar-refractivity contribution in [2.75, 3.05) is 24.1 Å². The average Bonchev–Trinajstić information content (AvgIpc) is 3.07. The van der Waals surface area contributed by atoms with Crippen LogP contribution in [0.15, 0.2) is 36.4 Å². The van der Waals surface area contributed by atoms with E-state index in [4.69, 9.17) is 9.47 Å². The number of anilines is 2. The highest BCUT2D eigenvalue weighted by molar-refractivity contribution is 5.89. The minimum Gasteiger partial charge on any atom is -0.454 e. The monoisotopic (exact) mass is 359 g/mol. The molecule has 0 bridgehead atoms. The minimum atomic E-state index is -0.410. The van der Waals surface area contributed by atoms with Gasteiger partial charge in [-0.3, -0.25) is 0 Å². The summed E-state index contributed by atoms with van der Waals surface area (Å²) in [5, 5.41) is 5.37. The maximum Gasteiger partial charge on any atom is 0.319 e. The van der Waals surface area contributed by atoms with Crippen molar-refractivity contribution in [3.63, 3.8) is 0 Å². The number of amides is 2. The Balaban J connectivity index is 1.57. The van der Waals surface area contributed by atoms with Crippen LogP contribution in [0, 0.1) is 5.82 Å². The van der Waals surface area contributed by atoms with Gasteiger partial charge in [0.25, 0.3) is 0 Å². The smallest absolute Gasteiger partial charge is 0.319 e. The molecule has 0 radical (unpaired) electrons. The molecule has 0 aliphatic carbocycles. The van der Waals surface area contributed by atoms with E-state index < -0.39 is 6.03 Å². The molecule has 0 atom stereocenters. The van der Waals surface area contributed by atoms with E-state index in [1.165, 1.54) is 6.07 Å². The molecule has 1 aliphatic heterocycles. The Labute approximate surface area is 151 Å². The van der Waals surface area contributed by atoms with Crippen LogP contribution >= 0.6 is 0 Å². The van der Waals surface area contributed by atoms with Crippen molar-refractivity contribution in [3.05, 3.63) is 47.8 Å². The molecule has 1 heterocycles. The van der Waals surface area contributed by atoms with Gasteiger partial charge in [-0.15, -0.1) is 0 Å². The van der Waals surface area contributed by atoms with Crippen molar-refractivity contribution in [2.45, 2.75) is 26.4 Å². The number of hydrogen-bond acceptors (Lipinski definition) is 4. The van der Waals surface area contributed by atoms with Gasteiger partial charge in [0.05, 0.1) is 5.69 Å². The Bertz CT molecular complexity index is 811. The van der Waals surface area contributed by atoms with Crippen LogP contribution in [0.3, 0.4) is 0 Å². The molecule has 2 aromatic carbocycles. The molecule has 0 aromatic heterocycles. The number of fused-ring (bicyclic) bond motifs is 1. The first-order valence-electron chi connectivity index (χ1n) is 8.40. The van der Waals surface area contributed by atoms with Gasteiger partial charge in [0, 0.05) is 25.3 Å². The van der Waals surface area contributed by atoms with E-state index in [-0.39, 0.29) is 18.7 Å². The molecule has 0 fully saturated rings. The highest BCUT2D eigenvalue weighted by Crippen LogP contribution is 2.32. The summed E-state index contributed by atoms with van der Waals surface area (Å²) in [4.78, 5) is 13.9. The largest absolute Gasteiger partial charge is 0.454 e. The molecule has 138 valence electrons. The second kappa shape index (κ2) is 7.51. The SMILES string of the molecule is CC(C)N(C)c1ccc(NC(=O)NCc2ccc3c(c2)OCO3)cc1F. The van der Waals surface area contributed by atoms with E-state index in [0.717, 1.165) is 5.56 Å². The third-order valence-corrected chi connectivity index (χ3v) is 4.25. The lowest BCUT2D eigenvalue weighted by Gasteiger charge is -2.24. The van der Waals surface area contributed by atoms with Crippen LogP contribution < -0.4 is 25.0 Å². The van der Waals surface area contributed by atoms with E-state index >= 15 is 0 Å². The van der Waals surface area contributed by atoms with Gasteiger partial charge in [-0.25, -0.2) is 9.18 Å². The molecule has 0 saturated heterocycles. The van der Waals surface area contributed by atoms with Crippen LogP contribution in [0.1, 0.15) is 19.4 Å². The third-order valence-electron chi connectivity index (χ3n) is 4.25. The van der Waals surface area contributed by atoms with Crippen LogP contribution in [0.4, 0.5) is 20.6 Å². The van der Waals surface area contributed by atoms with E-state index in [2.05, 4.69) is 10.6 Å². The van der Waals surface area contributed by atoms with Crippen LogP contribution in [0.2, 0.25) is 0 Å². The number of carbonyl (C=O) groups is 1. The Hall–Kier alpha value is -2.96. The van der Waals surface area contributed by atoms with Crippen molar-refractivity contribution < 1.29 is 18.7 Å². The third kappa shape index (κ3) is 3.99. The van der Waals surface area contributed by atoms with Gasteiger partial charge in [0.2, 0.25) is 6.79 Å². The van der Waals surface area contributed by atoms with Gasteiger partial charge in [-0.1, -0.05) is 6.07 Å². The predicted octanol–water partition coefficient (Wildman–Crippen LogP) is 3.72. The molecule has 2 amide bonds. The number of halogens is 1. The number of carbonyl (C=O) groups excluding carboxylic acids is 1. The first-order valence-corrected chi connectivity index (χ1v) is 8.40. The lowest BCUT2D eigenvalue weighted by atomic mass is 10.2. The van der Waals surface area contributed by atoms with Crippen molar-refractivity contribution in [3.8, 4) is 11.5 Å². The van der Waals surface area contributed by atoms with Gasteiger partial charge in [-0.05, 0) is 49.7 Å². The number of benzene rings is 2. The zero-order valence-electron chi connectivity index (χ0n) is 15.0. The second-order valence-electron chi connectivity index (χ2n) is 6.37. The molecule has 6 nitrogen and oxygen atoms in total. The van der Waals surface area contributed by atoms with Gasteiger partial charge in [0.15, 0.2) is 11.5 Å². The summed E-state index contributed by atoms with van der Waals surface area (Å²) in [6.45, 7) is 4.49. The number of nitrogens with zero attached hydrogens (tertiary/aromatic N) is 1. The van der Waals surface area contributed by atoms with Gasteiger partial charge < -0.3 is 25.0 Å². The Morgan fingerprint density at radius 2 is 1.96 bits per heavy atom. The number of rotatable bonds is 5. The lowest BCUT2D eigenvalue weighted by molar-refractivity contribution is 0.174. The summed E-state index contributed by atoms with van der Waals surface area (Å²) >= 11 is 0. The van der Waals surface area contributed by atoms with Crippen molar-refractivity contribution >= 4 is 17.4 Å². The highest BCUT2D eigenvalue weighted by Gasteiger charge is 2.14. The topological polar surface area (TPSA) is 62.8 Å². The molecule has 26 heavy (non-hydrogen) atoms. The van der Waals surface area contributed by atoms with E-state index in [9.17, 15) is 9.18 Å². The Morgan fingerprint density at radius 1 is 1.19 bits per heavy atom. The zero-order chi connectivity index (χ0) is 18.7. The standard InChI is InChI=1S/C19H22FN3O3/c1-12(2)23(3)16-6-5-14(9-15(16)20)22-19(24)21-10-13-4-7-17-18(8-13)26-11-25-17/h4-9,12H,10-11H2,1-3H3,(H2,21,22,24). The zero-order valence-corrected chi connectivity index (χ0v) is 15.0. The van der Waals surface area contributed by atoms with Gasteiger partial charge in [0.1, 0.15) is 5.82 Å². The molecule has 7 heteroatoms. The Morgan fingerprint density at radius 3 is 2.69 bits per heavy atom. The summed E-state index contributed by atoms with van der Waals surface area (Å²) in [7, 11) is 1.83. The van der Waals surface area contributed by atoms with Crippen molar-refractivity contribution in [1.82, 2.24) is 5.32 Å². The first kappa shape index (κ1) is 17.8. The van der Waals surface area contributed by atoms with Crippen LogP contribution in [0.25, 0.3) is 0 Å². The molecule has 2 aromatic rings. The summed E-state index contributed by atoms with van der Waals surface area (Å²) < 4.78 is 24.8. The fourth-order valence-corrected chi connectivity index (χ4v) is 2.56. The molecule has 0 saturated carbocycles. The van der Waals surface area contributed by atoms with E-state index in [1.54, 1.807) is 18.2 Å². The lowest BCUT2D eigenvalue weighted by Crippen LogP contribution is -2.28. The van der Waals surface area contributed by atoms with Crippen LogP contribution in [0.5, 0.6) is 11.5 Å². The Kier molecular flexibility index (Phi) is 5.16. The number of urea groups is 1. The number of hydrogen-bond donors (Lipinski definition) is 2. The minimum absolute atomic E-state index is 0.174. The fourth-order valence-electron chi connectivity index (χ4n) is 2.56. The number of ether oxygens (including phenoxy) is 2. The molecular weight excluding hydrogens is 337 g/mol. The summed E-state index contributed by atoms with van der Waals surface area (Å²) in [6.07, 6.45) is 0. The summed E-state index contributed by atoms with van der Waals surface area (Å²) in [6, 6.07) is 9.88. The first-order chi connectivity index (χ1) is 12.4. The van der Waals surface area contributed by atoms with Gasteiger partial charge in [-0.2, -0.15) is 0 Å². The average molecular weight is 359 g/mol. The normalized spacial score (nSPS) is 12.2. The van der Waals surface area contributed by atoms with E-state index in [1.807, 2.05) is 37.9 Å². The molecule has 1 aliphatic rings. The van der Waals surface area contributed by atoms with E-state index in [0.29, 0.717) is 29.4 Å². The molecule has 0 spiro atoms. The fraction of sp³-hybridized carbons (Fsp3) is 0.316. The maximum absolute atomic E-state index is 14.3. The quantitative estimate of drug-likeness (QED) is 0.854. The highest BCUT2D eigenvalue weighted by atomic mass is 19.1. The molecule has 3 rings (SSSR count). The maximum atomic E-state index is 14.3. The summed E-state index contributed by atoms with van der Waals surface area (Å²) in [5.74, 6) is 0.978. The molecular formula is C19H22FN3O3. The van der Waals surface area contributed by atoms with Crippen LogP contribution in [-0.4, -0.2) is 25.9 Å². The van der Waals surface area contributed by atoms with Crippen molar-refractivity contribution in [2.24, 2.45) is 0 Å². The number of nitrogens with one attached hydrogen (secondary N) is 2. The molecule has 0 unspecified atom stereocenters. The predicted molar refractivity (Wildman–Crippen MR) is 98.4 cm³/mol. The van der Waals surface area contributed by atoms with Gasteiger partial charge >= 0.3 is 6.03 Å². The molecule has 2 N–H and O–H groups in total. The van der Waals surface area contributed by atoms with Crippen molar-refractivity contribution in [1.29, 1.82) is 0 Å². The van der Waals surface area contributed by atoms with Crippen LogP contribution in [-0.2, 0) is 6.54 Å². The second-order valence-corrected chi connectivity index (χ2v) is 6.37.